The summed E-state index contributed by atoms with van der Waals surface area (Å²) in [5, 5.41) is 16.2. The highest BCUT2D eigenvalue weighted by Gasteiger charge is 2.32. The minimum absolute atomic E-state index is 0.0748. The third-order valence-corrected chi connectivity index (χ3v) is 4.61. The molecule has 0 bridgehead atoms. The number of carbonyl (C=O) groups excluding carboxylic acids is 2. The van der Waals surface area contributed by atoms with E-state index in [1.165, 1.54) is 18.2 Å². The molecule has 8 nitrogen and oxygen atoms in total. The molecule has 1 saturated heterocycles. The summed E-state index contributed by atoms with van der Waals surface area (Å²) in [7, 11) is 0. The minimum atomic E-state index is -0.580. The standard InChI is InChI=1S/C19H20N4O4/c1-12-7-8-15(9-13(12)2)22-11-14(10-18(22)24)20-19(25)21-16-5-3-4-6-17(16)23(26)27/h3-9,14H,10-11H2,1-2H3,(H2,20,21,25). The molecule has 0 saturated carbocycles. The van der Waals surface area contributed by atoms with Crippen LogP contribution in [0.5, 0.6) is 0 Å². The number of anilines is 2. The molecule has 1 aliphatic rings. The monoisotopic (exact) mass is 368 g/mol. The zero-order valence-electron chi connectivity index (χ0n) is 15.1. The van der Waals surface area contributed by atoms with Gasteiger partial charge in [0, 0.05) is 24.7 Å². The normalized spacial score (nSPS) is 16.3. The number of hydrogen-bond acceptors (Lipinski definition) is 4. The van der Waals surface area contributed by atoms with E-state index in [4.69, 9.17) is 0 Å². The molecule has 0 radical (unpaired) electrons. The first-order valence-corrected chi connectivity index (χ1v) is 8.53. The lowest BCUT2D eigenvalue weighted by atomic mass is 10.1. The van der Waals surface area contributed by atoms with E-state index in [1.807, 2.05) is 32.0 Å². The zero-order chi connectivity index (χ0) is 19.6. The van der Waals surface area contributed by atoms with E-state index >= 15 is 0 Å². The van der Waals surface area contributed by atoms with E-state index in [0.29, 0.717) is 6.54 Å². The van der Waals surface area contributed by atoms with Gasteiger partial charge in [0.1, 0.15) is 5.69 Å². The van der Waals surface area contributed by atoms with Crippen molar-refractivity contribution in [1.29, 1.82) is 0 Å². The van der Waals surface area contributed by atoms with Crippen LogP contribution < -0.4 is 15.5 Å². The van der Waals surface area contributed by atoms with E-state index in [9.17, 15) is 19.7 Å². The Morgan fingerprint density at radius 1 is 1.19 bits per heavy atom. The maximum Gasteiger partial charge on any atom is 0.319 e. The van der Waals surface area contributed by atoms with Crippen molar-refractivity contribution in [3.05, 3.63) is 63.7 Å². The summed E-state index contributed by atoms with van der Waals surface area (Å²) in [6.07, 6.45) is 0.178. The highest BCUT2D eigenvalue weighted by atomic mass is 16.6. The summed E-state index contributed by atoms with van der Waals surface area (Å²) in [5.41, 5.74) is 2.95. The average Bonchev–Trinajstić information content (AvgIpc) is 2.97. The predicted octanol–water partition coefficient (Wildman–Crippen LogP) is 3.14. The summed E-state index contributed by atoms with van der Waals surface area (Å²) in [6, 6.07) is 10.7. The number of carbonyl (C=O) groups is 2. The number of aryl methyl sites for hydroxylation is 2. The van der Waals surface area contributed by atoms with Crippen LogP contribution in [-0.4, -0.2) is 29.4 Å². The van der Waals surface area contributed by atoms with E-state index in [0.717, 1.165) is 16.8 Å². The summed E-state index contributed by atoms with van der Waals surface area (Å²) in [5.74, 6) is -0.0748. The van der Waals surface area contributed by atoms with E-state index in [-0.39, 0.29) is 29.7 Å². The van der Waals surface area contributed by atoms with E-state index in [2.05, 4.69) is 10.6 Å². The number of amides is 3. The Kier molecular flexibility index (Phi) is 5.07. The number of nitrogens with one attached hydrogen (secondary N) is 2. The van der Waals surface area contributed by atoms with Gasteiger partial charge in [-0.2, -0.15) is 0 Å². The highest BCUT2D eigenvalue weighted by Crippen LogP contribution is 2.25. The second-order valence-electron chi connectivity index (χ2n) is 6.55. The van der Waals surface area contributed by atoms with Gasteiger partial charge in [0.25, 0.3) is 5.69 Å². The number of benzene rings is 2. The summed E-state index contributed by atoms with van der Waals surface area (Å²) in [6.45, 7) is 4.34. The van der Waals surface area contributed by atoms with Gasteiger partial charge >= 0.3 is 6.03 Å². The number of nitro groups is 1. The van der Waals surface area contributed by atoms with E-state index < -0.39 is 11.0 Å². The molecule has 3 amide bonds. The third-order valence-electron chi connectivity index (χ3n) is 4.61. The fourth-order valence-electron chi connectivity index (χ4n) is 3.03. The molecule has 27 heavy (non-hydrogen) atoms. The molecular formula is C19H20N4O4. The largest absolute Gasteiger partial charge is 0.333 e. The van der Waals surface area contributed by atoms with Crippen LogP contribution in [0.4, 0.5) is 21.9 Å². The van der Waals surface area contributed by atoms with Gasteiger partial charge in [-0.15, -0.1) is 0 Å². The van der Waals surface area contributed by atoms with Crippen molar-refractivity contribution in [1.82, 2.24) is 5.32 Å². The Bertz CT molecular complexity index is 912. The molecule has 0 aromatic heterocycles. The number of rotatable bonds is 4. The van der Waals surface area contributed by atoms with Gasteiger partial charge < -0.3 is 15.5 Å². The first kappa shape index (κ1) is 18.4. The Morgan fingerprint density at radius 2 is 1.93 bits per heavy atom. The van der Waals surface area contributed by atoms with Crippen molar-refractivity contribution in [2.24, 2.45) is 0 Å². The first-order chi connectivity index (χ1) is 12.8. The molecule has 140 valence electrons. The Labute approximate surface area is 156 Å². The van der Waals surface area contributed by atoms with Gasteiger partial charge in [-0.25, -0.2) is 4.79 Å². The number of para-hydroxylation sites is 2. The summed E-state index contributed by atoms with van der Waals surface area (Å²) >= 11 is 0. The molecule has 8 heteroatoms. The van der Waals surface area contributed by atoms with Gasteiger partial charge in [-0.3, -0.25) is 14.9 Å². The van der Waals surface area contributed by atoms with Crippen LogP contribution in [-0.2, 0) is 4.79 Å². The summed E-state index contributed by atoms with van der Waals surface area (Å²) in [4.78, 5) is 36.7. The van der Waals surface area contributed by atoms with Crippen LogP contribution in [0.3, 0.4) is 0 Å². The van der Waals surface area contributed by atoms with E-state index in [1.54, 1.807) is 11.0 Å². The molecular weight excluding hydrogens is 348 g/mol. The highest BCUT2D eigenvalue weighted by molar-refractivity contribution is 5.98. The van der Waals surface area contributed by atoms with Gasteiger partial charge in [0.15, 0.2) is 0 Å². The predicted molar refractivity (Wildman–Crippen MR) is 102 cm³/mol. The lowest BCUT2D eigenvalue weighted by Gasteiger charge is -2.18. The number of urea groups is 1. The second-order valence-corrected chi connectivity index (χ2v) is 6.55. The second kappa shape index (κ2) is 7.45. The maximum absolute atomic E-state index is 12.3. The fraction of sp³-hybridized carbons (Fsp3) is 0.263. The van der Waals surface area contributed by atoms with Crippen molar-refractivity contribution < 1.29 is 14.5 Å². The molecule has 0 aliphatic carbocycles. The number of nitro benzene ring substituents is 1. The average molecular weight is 368 g/mol. The lowest BCUT2D eigenvalue weighted by molar-refractivity contribution is -0.383. The van der Waals surface area contributed by atoms with Crippen LogP contribution in [0.1, 0.15) is 17.5 Å². The zero-order valence-corrected chi connectivity index (χ0v) is 15.1. The van der Waals surface area contributed by atoms with Crippen LogP contribution in [0.25, 0.3) is 0 Å². The molecule has 0 spiro atoms. The van der Waals surface area contributed by atoms with Crippen molar-refractivity contribution in [3.63, 3.8) is 0 Å². The van der Waals surface area contributed by atoms with Crippen molar-refractivity contribution >= 4 is 29.0 Å². The summed E-state index contributed by atoms with van der Waals surface area (Å²) < 4.78 is 0. The fourth-order valence-corrected chi connectivity index (χ4v) is 3.03. The van der Waals surface area contributed by atoms with Crippen LogP contribution >= 0.6 is 0 Å². The molecule has 2 aromatic rings. The Balaban J connectivity index is 1.65. The molecule has 1 heterocycles. The van der Waals surface area contributed by atoms with Gasteiger partial charge in [-0.05, 0) is 43.2 Å². The quantitative estimate of drug-likeness (QED) is 0.639. The van der Waals surface area contributed by atoms with Gasteiger partial charge in [-0.1, -0.05) is 18.2 Å². The molecule has 1 aliphatic heterocycles. The minimum Gasteiger partial charge on any atom is -0.333 e. The number of hydrogen-bond donors (Lipinski definition) is 2. The smallest absolute Gasteiger partial charge is 0.319 e. The van der Waals surface area contributed by atoms with Crippen LogP contribution in [0, 0.1) is 24.0 Å². The van der Waals surface area contributed by atoms with Crippen molar-refractivity contribution in [3.8, 4) is 0 Å². The van der Waals surface area contributed by atoms with Gasteiger partial charge in [0.2, 0.25) is 5.91 Å². The molecule has 1 fully saturated rings. The molecule has 2 aromatic carbocycles. The third kappa shape index (κ3) is 4.05. The Hall–Kier alpha value is -3.42. The maximum atomic E-state index is 12.3. The van der Waals surface area contributed by atoms with Crippen LogP contribution in [0.15, 0.2) is 42.5 Å². The molecule has 3 rings (SSSR count). The molecule has 1 atom stereocenters. The van der Waals surface area contributed by atoms with Crippen molar-refractivity contribution in [2.45, 2.75) is 26.3 Å². The lowest BCUT2D eigenvalue weighted by Crippen LogP contribution is -2.39. The SMILES string of the molecule is Cc1ccc(N2CC(NC(=O)Nc3ccccc3[N+](=O)[O-])CC2=O)cc1C. The van der Waals surface area contributed by atoms with Crippen LogP contribution in [0.2, 0.25) is 0 Å². The Morgan fingerprint density at radius 3 is 2.63 bits per heavy atom. The molecule has 1 unspecified atom stereocenters. The van der Waals surface area contributed by atoms with Crippen molar-refractivity contribution in [2.75, 3.05) is 16.8 Å². The first-order valence-electron chi connectivity index (χ1n) is 8.53. The molecule has 2 N–H and O–H groups in total. The van der Waals surface area contributed by atoms with Gasteiger partial charge in [0.05, 0.1) is 11.0 Å². The number of nitrogens with zero attached hydrogens (tertiary/aromatic N) is 2. The topological polar surface area (TPSA) is 105 Å².